The predicted octanol–water partition coefficient (Wildman–Crippen LogP) is 4.85. The molecule has 4 rings (SSSR count). The number of hydrogen-bond donors (Lipinski definition) is 1. The van der Waals surface area contributed by atoms with E-state index in [1.165, 1.54) is 0 Å². The molecule has 4 aromatic rings. The highest BCUT2D eigenvalue weighted by atomic mass is 16.4. The molecule has 1 heterocycles. The highest BCUT2D eigenvalue weighted by Gasteiger charge is 2.37. The third-order valence-corrected chi connectivity index (χ3v) is 5.39. The van der Waals surface area contributed by atoms with E-state index in [0.717, 1.165) is 33.5 Å². The molecular formula is C25H26N2O2. The van der Waals surface area contributed by atoms with Crippen molar-refractivity contribution in [3.8, 4) is 0 Å². The van der Waals surface area contributed by atoms with Crippen LogP contribution in [-0.4, -0.2) is 33.3 Å². The second kappa shape index (κ2) is 7.30. The van der Waals surface area contributed by atoms with Gasteiger partial charge in [0.1, 0.15) is 11.3 Å². The Balaban J connectivity index is 1.90. The summed E-state index contributed by atoms with van der Waals surface area (Å²) in [5, 5.41) is 13.0. The third-order valence-electron chi connectivity index (χ3n) is 5.39. The lowest BCUT2D eigenvalue weighted by Crippen LogP contribution is -2.28. The second-order valence-electron chi connectivity index (χ2n) is 7.74. The average molecular weight is 386 g/mol. The Bertz CT molecular complexity index is 1030. The lowest BCUT2D eigenvalue weighted by Gasteiger charge is -2.28. The molecule has 29 heavy (non-hydrogen) atoms. The zero-order valence-electron chi connectivity index (χ0n) is 17.3. The van der Waals surface area contributed by atoms with Crippen LogP contribution < -0.4 is 9.80 Å². The topological polar surface area (TPSA) is 39.9 Å². The van der Waals surface area contributed by atoms with Gasteiger partial charge in [-0.15, -0.1) is 0 Å². The quantitative estimate of drug-likeness (QED) is 0.532. The number of benzene rings is 3. The van der Waals surface area contributed by atoms with Gasteiger partial charge in [-0.1, -0.05) is 42.5 Å². The van der Waals surface area contributed by atoms with E-state index in [1.54, 1.807) is 0 Å². The maximum Gasteiger partial charge on any atom is 0.173 e. The van der Waals surface area contributed by atoms with Crippen molar-refractivity contribution in [2.45, 2.75) is 5.60 Å². The fraction of sp³-hybridized carbons (Fsp3) is 0.200. The molecule has 148 valence electrons. The summed E-state index contributed by atoms with van der Waals surface area (Å²) in [6, 6.07) is 25.6. The second-order valence-corrected chi connectivity index (χ2v) is 7.74. The largest absolute Gasteiger partial charge is 0.457 e. The van der Waals surface area contributed by atoms with Crippen LogP contribution in [0.15, 0.2) is 83.3 Å². The van der Waals surface area contributed by atoms with Crippen molar-refractivity contribution in [3.63, 3.8) is 0 Å². The Morgan fingerprint density at radius 1 is 0.690 bits per heavy atom. The van der Waals surface area contributed by atoms with Crippen molar-refractivity contribution in [2.75, 3.05) is 38.0 Å². The number of furan rings is 1. The summed E-state index contributed by atoms with van der Waals surface area (Å²) in [7, 11) is 8.00. The number of hydrogen-bond acceptors (Lipinski definition) is 4. The van der Waals surface area contributed by atoms with Crippen molar-refractivity contribution in [3.05, 3.63) is 95.7 Å². The summed E-state index contributed by atoms with van der Waals surface area (Å²) < 4.78 is 6.13. The molecule has 0 saturated heterocycles. The van der Waals surface area contributed by atoms with Gasteiger partial charge in [-0.05, 0) is 47.5 Å². The summed E-state index contributed by atoms with van der Waals surface area (Å²) in [6.45, 7) is 0. The highest BCUT2D eigenvalue weighted by molar-refractivity contribution is 5.78. The molecule has 0 bridgehead atoms. The van der Waals surface area contributed by atoms with E-state index in [-0.39, 0.29) is 0 Å². The first-order valence-corrected chi connectivity index (χ1v) is 9.67. The molecule has 0 aliphatic rings. The van der Waals surface area contributed by atoms with Crippen LogP contribution in [0.5, 0.6) is 0 Å². The van der Waals surface area contributed by atoms with Crippen molar-refractivity contribution >= 4 is 22.3 Å². The molecule has 4 heteroatoms. The lowest BCUT2D eigenvalue weighted by molar-refractivity contribution is 0.101. The van der Waals surface area contributed by atoms with Crippen LogP contribution in [0.1, 0.15) is 16.9 Å². The molecule has 0 aliphatic carbocycles. The summed E-state index contributed by atoms with van der Waals surface area (Å²) in [5.74, 6) is 0.508. The summed E-state index contributed by atoms with van der Waals surface area (Å²) in [4.78, 5) is 4.08. The normalized spacial score (nSPS) is 11.6. The van der Waals surface area contributed by atoms with E-state index in [9.17, 15) is 5.11 Å². The fourth-order valence-corrected chi connectivity index (χ4v) is 3.61. The Kier molecular flexibility index (Phi) is 4.81. The van der Waals surface area contributed by atoms with Crippen molar-refractivity contribution in [1.82, 2.24) is 0 Å². The van der Waals surface area contributed by atoms with Crippen LogP contribution in [0.2, 0.25) is 0 Å². The van der Waals surface area contributed by atoms with Crippen LogP contribution in [-0.2, 0) is 5.60 Å². The number of fused-ring (bicyclic) bond motifs is 1. The molecule has 4 nitrogen and oxygen atoms in total. The van der Waals surface area contributed by atoms with Crippen LogP contribution in [0.3, 0.4) is 0 Å². The van der Waals surface area contributed by atoms with Crippen LogP contribution >= 0.6 is 0 Å². The average Bonchev–Trinajstić information content (AvgIpc) is 3.18. The van der Waals surface area contributed by atoms with E-state index >= 15 is 0 Å². The minimum Gasteiger partial charge on any atom is -0.457 e. The summed E-state index contributed by atoms with van der Waals surface area (Å²) >= 11 is 0. The number of aliphatic hydroxyl groups is 1. The Labute approximate surface area is 171 Å². The molecule has 0 fully saturated rings. The minimum absolute atomic E-state index is 0.508. The molecule has 1 N–H and O–H groups in total. The Morgan fingerprint density at radius 3 is 1.62 bits per heavy atom. The van der Waals surface area contributed by atoms with Gasteiger partial charge in [0.15, 0.2) is 5.60 Å². The summed E-state index contributed by atoms with van der Waals surface area (Å²) in [5.41, 5.74) is 3.04. The number of rotatable bonds is 5. The van der Waals surface area contributed by atoms with Crippen LogP contribution in [0.25, 0.3) is 11.0 Å². The standard InChI is InChI=1S/C25H26N2O2/c1-26(2)21-13-9-19(10-14-21)25(28,20-11-15-22(16-12-20)27(3)4)24-17-18-7-5-6-8-23(18)29-24/h5-17,28H,1-4H3. The van der Waals surface area contributed by atoms with Gasteiger partial charge in [-0.2, -0.15) is 0 Å². The van der Waals surface area contributed by atoms with Crippen molar-refractivity contribution in [2.24, 2.45) is 0 Å². The first-order chi connectivity index (χ1) is 13.9. The monoisotopic (exact) mass is 386 g/mol. The molecule has 0 spiro atoms. The van der Waals surface area contributed by atoms with Gasteiger partial charge >= 0.3 is 0 Å². The highest BCUT2D eigenvalue weighted by Crippen LogP contribution is 2.40. The number of para-hydroxylation sites is 1. The first-order valence-electron chi connectivity index (χ1n) is 9.67. The van der Waals surface area contributed by atoms with Gasteiger partial charge in [0.05, 0.1) is 0 Å². The van der Waals surface area contributed by atoms with Crippen molar-refractivity contribution < 1.29 is 9.52 Å². The minimum atomic E-state index is -1.39. The van der Waals surface area contributed by atoms with Gasteiger partial charge in [0.2, 0.25) is 0 Å². The maximum absolute atomic E-state index is 12.1. The van der Waals surface area contributed by atoms with E-state index < -0.39 is 5.60 Å². The smallest absolute Gasteiger partial charge is 0.173 e. The van der Waals surface area contributed by atoms with Gasteiger partial charge in [0, 0.05) is 45.0 Å². The number of nitrogens with zero attached hydrogens (tertiary/aromatic N) is 2. The van der Waals surface area contributed by atoms with E-state index in [4.69, 9.17) is 4.42 Å². The van der Waals surface area contributed by atoms with E-state index in [0.29, 0.717) is 5.76 Å². The van der Waals surface area contributed by atoms with Gasteiger partial charge in [-0.3, -0.25) is 0 Å². The van der Waals surface area contributed by atoms with Crippen LogP contribution in [0, 0.1) is 0 Å². The Hall–Kier alpha value is -3.24. The predicted molar refractivity (Wildman–Crippen MR) is 120 cm³/mol. The van der Waals surface area contributed by atoms with Crippen LogP contribution in [0.4, 0.5) is 11.4 Å². The molecule has 1 aromatic heterocycles. The zero-order valence-corrected chi connectivity index (χ0v) is 17.3. The first kappa shape index (κ1) is 19.1. The Morgan fingerprint density at radius 2 is 1.17 bits per heavy atom. The van der Waals surface area contributed by atoms with Gasteiger partial charge in [-0.25, -0.2) is 0 Å². The van der Waals surface area contributed by atoms with E-state index in [1.807, 2.05) is 117 Å². The van der Waals surface area contributed by atoms with E-state index in [2.05, 4.69) is 0 Å². The summed E-state index contributed by atoms with van der Waals surface area (Å²) in [6.07, 6.45) is 0. The fourth-order valence-electron chi connectivity index (χ4n) is 3.61. The molecule has 0 saturated carbocycles. The molecule has 0 unspecified atom stereocenters. The molecule has 0 aliphatic heterocycles. The molecular weight excluding hydrogens is 360 g/mol. The van der Waals surface area contributed by atoms with Crippen molar-refractivity contribution in [1.29, 1.82) is 0 Å². The molecule has 0 amide bonds. The molecule has 0 radical (unpaired) electrons. The zero-order chi connectivity index (χ0) is 20.6. The molecule has 0 atom stereocenters. The maximum atomic E-state index is 12.1. The van der Waals surface area contributed by atoms with Gasteiger partial charge < -0.3 is 19.3 Å². The molecule has 3 aromatic carbocycles. The SMILES string of the molecule is CN(C)c1ccc(C(O)(c2ccc(N(C)C)cc2)c2cc3ccccc3o2)cc1. The number of anilines is 2. The lowest BCUT2D eigenvalue weighted by atomic mass is 9.84. The third kappa shape index (κ3) is 3.36. The van der Waals surface area contributed by atoms with Gasteiger partial charge in [0.25, 0.3) is 0 Å².